The van der Waals surface area contributed by atoms with Gasteiger partial charge in [-0.15, -0.1) is 0 Å². The van der Waals surface area contributed by atoms with Crippen LogP contribution in [0.1, 0.15) is 31.2 Å². The van der Waals surface area contributed by atoms with Crippen LogP contribution < -0.4 is 4.74 Å². The molecule has 0 amide bonds. The van der Waals surface area contributed by atoms with Crippen molar-refractivity contribution < 1.29 is 18.9 Å². The normalized spacial score (nSPS) is 10.8. The van der Waals surface area contributed by atoms with Crippen LogP contribution in [0.3, 0.4) is 0 Å². The van der Waals surface area contributed by atoms with Gasteiger partial charge in [0.1, 0.15) is 12.5 Å². The van der Waals surface area contributed by atoms with Gasteiger partial charge in [0.25, 0.3) is 0 Å². The monoisotopic (exact) mass is 296 g/mol. The fourth-order valence-corrected chi connectivity index (χ4v) is 2.00. The van der Waals surface area contributed by atoms with Crippen LogP contribution in [-0.4, -0.2) is 40.8 Å². The van der Waals surface area contributed by atoms with E-state index in [2.05, 4.69) is 12.1 Å². The maximum absolute atomic E-state index is 5.38. The molecule has 120 valence electrons. The first-order chi connectivity index (χ1) is 10.4. The zero-order chi connectivity index (χ0) is 15.2. The van der Waals surface area contributed by atoms with Crippen molar-refractivity contribution in [2.45, 2.75) is 32.1 Å². The van der Waals surface area contributed by atoms with E-state index < -0.39 is 0 Å². The van der Waals surface area contributed by atoms with Crippen molar-refractivity contribution in [2.75, 3.05) is 40.8 Å². The number of benzene rings is 1. The Hall–Kier alpha value is -1.10. The third-order valence-corrected chi connectivity index (χ3v) is 3.26. The number of hydrogen-bond acceptors (Lipinski definition) is 4. The Morgan fingerprint density at radius 1 is 0.762 bits per heavy atom. The summed E-state index contributed by atoms with van der Waals surface area (Å²) in [5, 5.41) is 0. The lowest BCUT2D eigenvalue weighted by atomic mass is 10.1. The molecule has 0 heterocycles. The van der Waals surface area contributed by atoms with Crippen molar-refractivity contribution in [1.29, 1.82) is 0 Å². The number of unbranched alkanes of at least 4 members (excludes halogenated alkanes) is 3. The van der Waals surface area contributed by atoms with Crippen molar-refractivity contribution in [3.05, 3.63) is 29.8 Å². The Kier molecular flexibility index (Phi) is 10.8. The Bertz CT molecular complexity index is 337. The minimum atomic E-state index is 0.370. The second-order valence-electron chi connectivity index (χ2n) is 4.94. The Balaban J connectivity index is 1.88. The van der Waals surface area contributed by atoms with E-state index in [1.807, 2.05) is 12.1 Å². The molecule has 1 aromatic carbocycles. The van der Waals surface area contributed by atoms with Gasteiger partial charge in [-0.05, 0) is 37.0 Å². The lowest BCUT2D eigenvalue weighted by Crippen LogP contribution is -2.06. The van der Waals surface area contributed by atoms with E-state index in [-0.39, 0.29) is 0 Å². The lowest BCUT2D eigenvalue weighted by molar-refractivity contribution is -0.0664. The molecular formula is C17H28O4. The molecule has 0 radical (unpaired) electrons. The van der Waals surface area contributed by atoms with Gasteiger partial charge in [-0.25, -0.2) is 0 Å². The Morgan fingerprint density at radius 2 is 1.48 bits per heavy atom. The molecule has 4 nitrogen and oxygen atoms in total. The highest BCUT2D eigenvalue weighted by molar-refractivity contribution is 5.27. The first-order valence-corrected chi connectivity index (χ1v) is 7.64. The number of ether oxygens (including phenoxy) is 4. The van der Waals surface area contributed by atoms with Crippen LogP contribution in [0.2, 0.25) is 0 Å². The van der Waals surface area contributed by atoms with Gasteiger partial charge < -0.3 is 18.9 Å². The van der Waals surface area contributed by atoms with Gasteiger partial charge in [-0.1, -0.05) is 25.0 Å². The van der Waals surface area contributed by atoms with E-state index >= 15 is 0 Å². The van der Waals surface area contributed by atoms with Crippen molar-refractivity contribution in [2.24, 2.45) is 0 Å². The van der Waals surface area contributed by atoms with Crippen molar-refractivity contribution >= 4 is 0 Å². The van der Waals surface area contributed by atoms with Crippen LogP contribution in [0.25, 0.3) is 0 Å². The van der Waals surface area contributed by atoms with E-state index in [1.54, 1.807) is 14.2 Å². The average Bonchev–Trinajstić information content (AvgIpc) is 2.53. The smallest absolute Gasteiger partial charge is 0.146 e. The van der Waals surface area contributed by atoms with Crippen LogP contribution >= 0.6 is 0 Å². The summed E-state index contributed by atoms with van der Waals surface area (Å²) in [6.45, 7) is 2.36. The molecule has 0 fully saturated rings. The largest absolute Gasteiger partial charge is 0.497 e. The first kappa shape index (κ1) is 18.0. The summed E-state index contributed by atoms with van der Waals surface area (Å²) < 4.78 is 20.6. The fraction of sp³-hybridized carbons (Fsp3) is 0.647. The summed E-state index contributed by atoms with van der Waals surface area (Å²) in [5.41, 5.74) is 1.37. The molecule has 0 bridgehead atoms. The molecule has 1 aromatic rings. The zero-order valence-electron chi connectivity index (χ0n) is 13.3. The van der Waals surface area contributed by atoms with Crippen LogP contribution in [0, 0.1) is 0 Å². The summed E-state index contributed by atoms with van der Waals surface area (Å²) in [6, 6.07) is 8.32. The molecular weight excluding hydrogens is 268 g/mol. The van der Waals surface area contributed by atoms with E-state index in [9.17, 15) is 0 Å². The molecule has 0 aliphatic rings. The highest BCUT2D eigenvalue weighted by atomic mass is 16.7. The van der Waals surface area contributed by atoms with Gasteiger partial charge in [0, 0.05) is 13.7 Å². The van der Waals surface area contributed by atoms with Crippen molar-refractivity contribution in [3.8, 4) is 5.75 Å². The van der Waals surface area contributed by atoms with Crippen molar-refractivity contribution in [1.82, 2.24) is 0 Å². The van der Waals surface area contributed by atoms with Crippen LogP contribution in [0.15, 0.2) is 24.3 Å². The average molecular weight is 296 g/mol. The van der Waals surface area contributed by atoms with Crippen LogP contribution in [-0.2, 0) is 20.6 Å². The molecule has 0 atom stereocenters. The lowest BCUT2D eigenvalue weighted by Gasteiger charge is -2.06. The third-order valence-electron chi connectivity index (χ3n) is 3.26. The molecule has 0 saturated carbocycles. The first-order valence-electron chi connectivity index (χ1n) is 7.64. The summed E-state index contributed by atoms with van der Waals surface area (Å²) in [6.07, 6.45) is 5.88. The molecule has 0 aromatic heterocycles. The number of hydrogen-bond donors (Lipinski definition) is 0. The number of rotatable bonds is 13. The summed E-state index contributed by atoms with van der Waals surface area (Å²) in [4.78, 5) is 0. The number of aryl methyl sites for hydroxylation is 1. The van der Waals surface area contributed by atoms with Crippen LogP contribution in [0.5, 0.6) is 5.75 Å². The molecule has 21 heavy (non-hydrogen) atoms. The molecule has 0 aliphatic heterocycles. The van der Waals surface area contributed by atoms with Crippen LogP contribution in [0.4, 0.5) is 0 Å². The molecule has 0 aliphatic carbocycles. The molecule has 0 saturated heterocycles. The van der Waals surface area contributed by atoms with Gasteiger partial charge in [0.2, 0.25) is 0 Å². The quantitative estimate of drug-likeness (QED) is 0.413. The minimum Gasteiger partial charge on any atom is -0.497 e. The topological polar surface area (TPSA) is 36.9 Å². The predicted octanol–water partition coefficient (Wildman–Crippen LogP) is 3.44. The zero-order valence-corrected chi connectivity index (χ0v) is 13.3. The SMILES string of the molecule is COCCOCOCCCCCCc1ccc(OC)cc1. The van der Waals surface area contributed by atoms with E-state index in [0.717, 1.165) is 25.2 Å². The second kappa shape index (κ2) is 12.6. The van der Waals surface area contributed by atoms with Gasteiger partial charge in [0.15, 0.2) is 0 Å². The van der Waals surface area contributed by atoms with E-state index in [0.29, 0.717) is 20.0 Å². The molecule has 0 N–H and O–H groups in total. The van der Waals surface area contributed by atoms with Gasteiger partial charge >= 0.3 is 0 Å². The minimum absolute atomic E-state index is 0.370. The maximum atomic E-state index is 5.38. The van der Waals surface area contributed by atoms with E-state index in [1.165, 1.54) is 24.8 Å². The summed E-state index contributed by atoms with van der Waals surface area (Å²) in [5.74, 6) is 0.920. The number of methoxy groups -OCH3 is 2. The van der Waals surface area contributed by atoms with E-state index in [4.69, 9.17) is 18.9 Å². The van der Waals surface area contributed by atoms with Crippen molar-refractivity contribution in [3.63, 3.8) is 0 Å². The molecule has 0 spiro atoms. The summed E-state index contributed by atoms with van der Waals surface area (Å²) >= 11 is 0. The molecule has 4 heteroatoms. The Morgan fingerprint density at radius 3 is 2.19 bits per heavy atom. The maximum Gasteiger partial charge on any atom is 0.146 e. The fourth-order valence-electron chi connectivity index (χ4n) is 2.00. The highest BCUT2D eigenvalue weighted by Gasteiger charge is 1.96. The van der Waals surface area contributed by atoms with Gasteiger partial charge in [-0.2, -0.15) is 0 Å². The standard InChI is InChI=1S/C17H28O4/c1-18-13-14-21-15-20-12-6-4-3-5-7-16-8-10-17(19-2)11-9-16/h8-11H,3-7,12-15H2,1-2H3. The molecule has 0 unspecified atom stereocenters. The second-order valence-corrected chi connectivity index (χ2v) is 4.94. The third kappa shape index (κ3) is 9.45. The summed E-state index contributed by atoms with van der Waals surface area (Å²) in [7, 11) is 3.36. The Labute approximate surface area is 128 Å². The van der Waals surface area contributed by atoms with Gasteiger partial charge in [-0.3, -0.25) is 0 Å². The van der Waals surface area contributed by atoms with Gasteiger partial charge in [0.05, 0.1) is 20.3 Å². The highest BCUT2D eigenvalue weighted by Crippen LogP contribution is 2.13. The predicted molar refractivity (Wildman–Crippen MR) is 83.8 cm³/mol. The molecule has 1 rings (SSSR count).